The predicted molar refractivity (Wildman–Crippen MR) is 49.8 cm³/mol. The zero-order valence-electron chi connectivity index (χ0n) is 8.48. The van der Waals surface area contributed by atoms with Crippen LogP contribution in [0.3, 0.4) is 0 Å². The number of H-pyrrole nitrogens is 1. The van der Waals surface area contributed by atoms with Gasteiger partial charge in [-0.2, -0.15) is 5.10 Å². The minimum absolute atomic E-state index is 0.0191. The maximum atomic E-state index is 10.5. The Kier molecular flexibility index (Phi) is 3.19. The van der Waals surface area contributed by atoms with Crippen molar-refractivity contribution in [2.24, 2.45) is 0 Å². The van der Waals surface area contributed by atoms with Gasteiger partial charge in [0.2, 0.25) is 0 Å². The summed E-state index contributed by atoms with van der Waals surface area (Å²) >= 11 is 0. The number of nitrogens with zero attached hydrogens (tertiary/aromatic N) is 3. The molecule has 1 rings (SSSR count). The maximum absolute atomic E-state index is 10.5. The van der Waals surface area contributed by atoms with Gasteiger partial charge in [0.15, 0.2) is 5.82 Å². The Morgan fingerprint density at radius 1 is 1.71 bits per heavy atom. The van der Waals surface area contributed by atoms with Crippen LogP contribution < -0.4 is 0 Å². The lowest BCUT2D eigenvalue weighted by Crippen LogP contribution is -2.29. The van der Waals surface area contributed by atoms with Crippen molar-refractivity contribution in [3.63, 3.8) is 0 Å². The van der Waals surface area contributed by atoms with Crippen molar-refractivity contribution in [3.8, 4) is 0 Å². The number of nitrogens with one attached hydrogen (secondary N) is 1. The van der Waals surface area contributed by atoms with E-state index in [1.54, 1.807) is 18.9 Å². The number of hydrogen-bond donors (Lipinski definition) is 2. The number of aromatic amines is 1. The summed E-state index contributed by atoms with van der Waals surface area (Å²) in [6.45, 7) is 3.65. The fraction of sp³-hybridized carbons (Fsp3) is 0.625. The molecule has 1 heterocycles. The molecule has 2 N–H and O–H groups in total. The van der Waals surface area contributed by atoms with E-state index in [1.807, 2.05) is 6.92 Å². The molecule has 0 bridgehead atoms. The summed E-state index contributed by atoms with van der Waals surface area (Å²) in [5.74, 6) is 0.494. The van der Waals surface area contributed by atoms with E-state index in [0.717, 1.165) is 5.82 Å². The van der Waals surface area contributed by atoms with Crippen molar-refractivity contribution in [3.05, 3.63) is 11.6 Å². The molecule has 0 aliphatic heterocycles. The van der Waals surface area contributed by atoms with Crippen molar-refractivity contribution in [2.45, 2.75) is 19.9 Å². The van der Waals surface area contributed by atoms with Gasteiger partial charge >= 0.3 is 5.97 Å². The predicted octanol–water partition coefficient (Wildman–Crippen LogP) is 0.191. The summed E-state index contributed by atoms with van der Waals surface area (Å²) < 4.78 is 0. The molecule has 1 aromatic rings. The average molecular weight is 198 g/mol. The minimum Gasteiger partial charge on any atom is -0.480 e. The van der Waals surface area contributed by atoms with Crippen LogP contribution in [0.15, 0.2) is 0 Å². The summed E-state index contributed by atoms with van der Waals surface area (Å²) in [7, 11) is 1.73. The van der Waals surface area contributed by atoms with Gasteiger partial charge in [-0.15, -0.1) is 0 Å². The number of carboxylic acids is 1. The topological polar surface area (TPSA) is 82.1 Å². The molecule has 0 aliphatic rings. The van der Waals surface area contributed by atoms with Gasteiger partial charge in [-0.3, -0.25) is 14.8 Å². The summed E-state index contributed by atoms with van der Waals surface area (Å²) in [4.78, 5) is 16.3. The van der Waals surface area contributed by atoms with E-state index >= 15 is 0 Å². The highest BCUT2D eigenvalue weighted by molar-refractivity contribution is 5.69. The number of aromatic nitrogens is 3. The Hall–Kier alpha value is -1.43. The molecule has 0 aliphatic carbocycles. The largest absolute Gasteiger partial charge is 0.480 e. The lowest BCUT2D eigenvalue weighted by atomic mass is 10.3. The van der Waals surface area contributed by atoms with E-state index in [-0.39, 0.29) is 12.6 Å². The first-order valence-electron chi connectivity index (χ1n) is 4.31. The normalized spacial score (nSPS) is 13.1. The molecule has 0 amide bonds. The standard InChI is InChI=1S/C8H14N4O2/c1-5(12(3)4-7(13)14)8-9-6(2)10-11-8/h5H,4H2,1-3H3,(H,13,14)(H,9,10,11). The van der Waals surface area contributed by atoms with Gasteiger partial charge in [0, 0.05) is 0 Å². The fourth-order valence-corrected chi connectivity index (χ4v) is 1.09. The smallest absolute Gasteiger partial charge is 0.317 e. The van der Waals surface area contributed by atoms with Gasteiger partial charge in [-0.05, 0) is 20.9 Å². The van der Waals surface area contributed by atoms with E-state index in [0.29, 0.717) is 5.82 Å². The van der Waals surface area contributed by atoms with Crippen molar-refractivity contribution in [1.82, 2.24) is 20.1 Å². The molecule has 0 aromatic carbocycles. The number of carbonyl (C=O) groups is 1. The third kappa shape index (κ3) is 2.53. The molecule has 1 aromatic heterocycles. The number of hydrogen-bond acceptors (Lipinski definition) is 4. The van der Waals surface area contributed by atoms with Crippen LogP contribution in [-0.4, -0.2) is 44.7 Å². The maximum Gasteiger partial charge on any atom is 0.317 e. The van der Waals surface area contributed by atoms with Crippen molar-refractivity contribution >= 4 is 5.97 Å². The summed E-state index contributed by atoms with van der Waals surface area (Å²) in [5, 5.41) is 15.3. The Morgan fingerprint density at radius 3 is 2.79 bits per heavy atom. The Labute approximate surface area is 82.0 Å². The lowest BCUT2D eigenvalue weighted by Gasteiger charge is -2.19. The van der Waals surface area contributed by atoms with Gasteiger partial charge in [0.25, 0.3) is 0 Å². The van der Waals surface area contributed by atoms with E-state index in [4.69, 9.17) is 5.11 Å². The molecule has 0 spiro atoms. The van der Waals surface area contributed by atoms with Crippen LogP contribution in [-0.2, 0) is 4.79 Å². The van der Waals surface area contributed by atoms with Crippen LogP contribution in [0.1, 0.15) is 24.6 Å². The van der Waals surface area contributed by atoms with Crippen LogP contribution in [0.5, 0.6) is 0 Å². The molecule has 0 fully saturated rings. The van der Waals surface area contributed by atoms with Gasteiger partial charge in [-0.25, -0.2) is 4.98 Å². The highest BCUT2D eigenvalue weighted by atomic mass is 16.4. The Bertz CT molecular complexity index is 323. The number of likely N-dealkylation sites (N-methyl/N-ethyl adjacent to an activating group) is 1. The molecule has 0 saturated carbocycles. The van der Waals surface area contributed by atoms with E-state index < -0.39 is 5.97 Å². The highest BCUT2D eigenvalue weighted by Crippen LogP contribution is 2.13. The molecule has 6 heteroatoms. The van der Waals surface area contributed by atoms with Gasteiger partial charge < -0.3 is 5.11 Å². The first kappa shape index (κ1) is 10.6. The summed E-state index contributed by atoms with van der Waals surface area (Å²) in [6.07, 6.45) is 0. The number of rotatable bonds is 4. The fourth-order valence-electron chi connectivity index (χ4n) is 1.09. The molecule has 0 saturated heterocycles. The van der Waals surface area contributed by atoms with Crippen LogP contribution in [0.4, 0.5) is 0 Å². The highest BCUT2D eigenvalue weighted by Gasteiger charge is 2.17. The molecule has 14 heavy (non-hydrogen) atoms. The monoisotopic (exact) mass is 198 g/mol. The second kappa shape index (κ2) is 4.19. The lowest BCUT2D eigenvalue weighted by molar-refractivity contribution is -0.138. The van der Waals surface area contributed by atoms with Crippen molar-refractivity contribution < 1.29 is 9.90 Å². The first-order valence-corrected chi connectivity index (χ1v) is 4.31. The van der Waals surface area contributed by atoms with Crippen molar-refractivity contribution in [1.29, 1.82) is 0 Å². The third-order valence-corrected chi connectivity index (χ3v) is 2.03. The molecule has 1 atom stereocenters. The minimum atomic E-state index is -0.855. The van der Waals surface area contributed by atoms with Crippen LogP contribution in [0, 0.1) is 6.92 Å². The molecule has 78 valence electrons. The zero-order valence-corrected chi connectivity index (χ0v) is 8.48. The number of carboxylic acid groups (broad SMARTS) is 1. The molecule has 1 unspecified atom stereocenters. The second-order valence-electron chi connectivity index (χ2n) is 3.26. The summed E-state index contributed by atoms with van der Waals surface area (Å²) in [5.41, 5.74) is 0. The summed E-state index contributed by atoms with van der Waals surface area (Å²) in [6, 6.07) is -0.101. The second-order valence-corrected chi connectivity index (χ2v) is 3.26. The number of aryl methyl sites for hydroxylation is 1. The van der Waals surface area contributed by atoms with Gasteiger partial charge in [0.1, 0.15) is 5.82 Å². The average Bonchev–Trinajstić information content (AvgIpc) is 2.49. The van der Waals surface area contributed by atoms with Crippen LogP contribution >= 0.6 is 0 Å². The number of aliphatic carboxylic acids is 1. The SMILES string of the molecule is Cc1nc(C(C)N(C)CC(=O)O)n[nH]1. The van der Waals surface area contributed by atoms with E-state index in [2.05, 4.69) is 15.2 Å². The van der Waals surface area contributed by atoms with Crippen LogP contribution in [0.2, 0.25) is 0 Å². The van der Waals surface area contributed by atoms with Gasteiger partial charge in [0.05, 0.1) is 12.6 Å². The third-order valence-electron chi connectivity index (χ3n) is 2.03. The molecular weight excluding hydrogens is 184 g/mol. The van der Waals surface area contributed by atoms with Crippen molar-refractivity contribution in [2.75, 3.05) is 13.6 Å². The zero-order chi connectivity index (χ0) is 10.7. The van der Waals surface area contributed by atoms with Gasteiger partial charge in [-0.1, -0.05) is 0 Å². The first-order chi connectivity index (χ1) is 6.50. The van der Waals surface area contributed by atoms with E-state index in [1.165, 1.54) is 0 Å². The molecule has 0 radical (unpaired) electrons. The quantitative estimate of drug-likeness (QED) is 0.721. The Morgan fingerprint density at radius 2 is 2.36 bits per heavy atom. The Balaban J connectivity index is 2.65. The van der Waals surface area contributed by atoms with E-state index in [9.17, 15) is 4.79 Å². The molecular formula is C8H14N4O2. The van der Waals surface area contributed by atoms with Crippen LogP contribution in [0.25, 0.3) is 0 Å². The molecule has 6 nitrogen and oxygen atoms in total.